The van der Waals surface area contributed by atoms with Gasteiger partial charge in [-0.2, -0.15) is 0 Å². The summed E-state index contributed by atoms with van der Waals surface area (Å²) in [6.07, 6.45) is 2.09. The molecule has 31 heavy (non-hydrogen) atoms. The van der Waals surface area contributed by atoms with Crippen LogP contribution in [-0.2, 0) is 17.6 Å². The quantitative estimate of drug-likeness (QED) is 0.485. The molecule has 1 amide bonds. The average molecular weight is 433 g/mol. The Bertz CT molecular complexity index is 787. The minimum atomic E-state index is -0.602. The van der Waals surface area contributed by atoms with Gasteiger partial charge in [-0.25, -0.2) is 8.78 Å². The van der Waals surface area contributed by atoms with Crippen molar-refractivity contribution in [2.24, 2.45) is 5.92 Å². The van der Waals surface area contributed by atoms with Crippen LogP contribution in [0.15, 0.2) is 42.5 Å². The average Bonchev–Trinajstić information content (AvgIpc) is 2.68. The van der Waals surface area contributed by atoms with Crippen molar-refractivity contribution in [3.63, 3.8) is 0 Å². The van der Waals surface area contributed by atoms with Crippen LogP contribution >= 0.6 is 0 Å². The van der Waals surface area contributed by atoms with Crippen molar-refractivity contribution in [2.75, 3.05) is 6.54 Å². The molecule has 0 aliphatic carbocycles. The van der Waals surface area contributed by atoms with Crippen molar-refractivity contribution in [2.45, 2.75) is 72.9 Å². The van der Waals surface area contributed by atoms with Gasteiger partial charge in [-0.1, -0.05) is 52.0 Å². The first-order valence-electron chi connectivity index (χ1n) is 11.3. The molecule has 2 rings (SSSR count). The van der Waals surface area contributed by atoms with Crippen LogP contribution in [0.1, 0.15) is 70.7 Å². The molecule has 0 saturated heterocycles. The molecule has 0 bridgehead atoms. The van der Waals surface area contributed by atoms with Gasteiger partial charge in [-0.15, -0.1) is 0 Å². The Labute approximate surface area is 186 Å². The van der Waals surface area contributed by atoms with Gasteiger partial charge in [-0.05, 0) is 67.5 Å². The Morgan fingerprint density at radius 3 is 2.16 bits per heavy atom. The van der Waals surface area contributed by atoms with Gasteiger partial charge < -0.3 is 10.6 Å². The van der Waals surface area contributed by atoms with E-state index in [1.807, 2.05) is 13.8 Å². The highest BCUT2D eigenvalue weighted by molar-refractivity contribution is 5.73. The Morgan fingerprint density at radius 1 is 0.935 bits per heavy atom. The van der Waals surface area contributed by atoms with Gasteiger partial charge in [0.1, 0.15) is 11.6 Å². The highest BCUT2D eigenvalue weighted by Crippen LogP contribution is 2.17. The molecule has 0 aromatic heterocycles. The molecule has 2 aromatic rings. The van der Waals surface area contributed by atoms with Gasteiger partial charge in [0.2, 0.25) is 5.91 Å². The second kappa shape index (κ2) is 13.9. The highest BCUT2D eigenvalue weighted by atomic mass is 19.1. The topological polar surface area (TPSA) is 41.1 Å². The number of hydrogen-bond acceptors (Lipinski definition) is 2. The second-order valence-corrected chi connectivity index (χ2v) is 8.19. The summed E-state index contributed by atoms with van der Waals surface area (Å²) in [6, 6.07) is 12.1. The predicted molar refractivity (Wildman–Crippen MR) is 125 cm³/mol. The zero-order valence-corrected chi connectivity index (χ0v) is 19.8. The predicted octanol–water partition coefficient (Wildman–Crippen LogP) is 5.98. The number of hydrogen-bond donors (Lipinski definition) is 2. The second-order valence-electron chi connectivity index (χ2n) is 8.19. The Balaban J connectivity index is 0.00000233. The molecule has 0 heterocycles. The van der Waals surface area contributed by atoms with Crippen molar-refractivity contribution >= 4 is 5.91 Å². The van der Waals surface area contributed by atoms with E-state index in [2.05, 4.69) is 55.7 Å². The lowest BCUT2D eigenvalue weighted by Crippen LogP contribution is -2.37. The number of nitrogens with one attached hydrogen (secondary N) is 2. The van der Waals surface area contributed by atoms with Crippen LogP contribution in [0.2, 0.25) is 0 Å². The van der Waals surface area contributed by atoms with Crippen molar-refractivity contribution in [3.8, 4) is 0 Å². The minimum Gasteiger partial charge on any atom is -0.353 e. The summed E-state index contributed by atoms with van der Waals surface area (Å²) in [7, 11) is 0. The molecular formula is C26H38F2N2O. The van der Waals surface area contributed by atoms with Crippen LogP contribution < -0.4 is 10.6 Å². The van der Waals surface area contributed by atoms with Gasteiger partial charge in [0.25, 0.3) is 0 Å². The summed E-state index contributed by atoms with van der Waals surface area (Å²) in [4.78, 5) is 11.5. The summed E-state index contributed by atoms with van der Waals surface area (Å²) in [5, 5.41) is 6.38. The monoisotopic (exact) mass is 432 g/mol. The standard InChI is InChI=1S/C24H32F2N2O.C2H6/c1-16(2)10-19-6-5-7-21(11-19)17(3)27-9-8-24(28-18(4)29)14-20-12-22(25)15-23(26)13-20;1-2/h5-7,11-13,15-17,24,27H,8-10,14H2,1-4H3,(H,28,29);1-2H3/t17?,24-;/m1./s1. The van der Waals surface area contributed by atoms with E-state index < -0.39 is 11.6 Å². The minimum absolute atomic E-state index is 0.152. The first-order chi connectivity index (χ1) is 14.7. The summed E-state index contributed by atoms with van der Waals surface area (Å²) >= 11 is 0. The van der Waals surface area contributed by atoms with Crippen molar-refractivity contribution < 1.29 is 13.6 Å². The first-order valence-corrected chi connectivity index (χ1v) is 11.3. The van der Waals surface area contributed by atoms with Crippen LogP contribution in [0.5, 0.6) is 0 Å². The summed E-state index contributed by atoms with van der Waals surface area (Å²) < 4.78 is 26.9. The third-order valence-corrected chi connectivity index (χ3v) is 4.85. The van der Waals surface area contributed by atoms with E-state index >= 15 is 0 Å². The lowest BCUT2D eigenvalue weighted by atomic mass is 9.98. The van der Waals surface area contributed by atoms with E-state index in [0.717, 1.165) is 12.5 Å². The molecule has 2 atom stereocenters. The third-order valence-electron chi connectivity index (χ3n) is 4.85. The van der Waals surface area contributed by atoms with Crippen molar-refractivity contribution in [1.29, 1.82) is 0 Å². The molecule has 0 radical (unpaired) electrons. The largest absolute Gasteiger partial charge is 0.353 e. The molecule has 0 aliphatic rings. The molecule has 0 fully saturated rings. The molecular weight excluding hydrogens is 394 g/mol. The fraction of sp³-hybridized carbons (Fsp3) is 0.500. The van der Waals surface area contributed by atoms with E-state index in [1.165, 1.54) is 30.2 Å². The molecule has 0 aliphatic heterocycles. The Hall–Kier alpha value is -2.27. The summed E-state index contributed by atoms with van der Waals surface area (Å²) in [5.41, 5.74) is 3.09. The lowest BCUT2D eigenvalue weighted by molar-refractivity contribution is -0.119. The SMILES string of the molecule is CC.CC(=O)N[C@H](CCNC(C)c1cccc(CC(C)C)c1)Cc1cc(F)cc(F)c1. The number of rotatable bonds is 10. The highest BCUT2D eigenvalue weighted by Gasteiger charge is 2.14. The van der Waals surface area contributed by atoms with Crippen LogP contribution in [-0.4, -0.2) is 18.5 Å². The van der Waals surface area contributed by atoms with Gasteiger partial charge in [0.15, 0.2) is 0 Å². The normalized spacial score (nSPS) is 12.7. The third kappa shape index (κ3) is 10.5. The molecule has 5 heteroatoms. The summed E-state index contributed by atoms with van der Waals surface area (Å²) in [6.45, 7) is 12.7. The lowest BCUT2D eigenvalue weighted by Gasteiger charge is -2.21. The number of carbonyl (C=O) groups excluding carboxylic acids is 1. The number of benzene rings is 2. The van der Waals surface area contributed by atoms with Crippen LogP contribution in [0.25, 0.3) is 0 Å². The van der Waals surface area contributed by atoms with Gasteiger partial charge in [-0.3, -0.25) is 4.79 Å². The molecule has 2 N–H and O–H groups in total. The zero-order chi connectivity index (χ0) is 23.4. The van der Waals surface area contributed by atoms with Gasteiger partial charge in [0.05, 0.1) is 0 Å². The first kappa shape index (κ1) is 26.8. The molecule has 2 aromatic carbocycles. The van der Waals surface area contributed by atoms with E-state index in [1.54, 1.807) is 0 Å². The maximum atomic E-state index is 13.5. The van der Waals surface area contributed by atoms with Crippen LogP contribution in [0.3, 0.4) is 0 Å². The molecule has 3 nitrogen and oxygen atoms in total. The van der Waals surface area contributed by atoms with Gasteiger partial charge >= 0.3 is 0 Å². The number of carbonyl (C=O) groups is 1. The van der Waals surface area contributed by atoms with Crippen molar-refractivity contribution in [3.05, 3.63) is 70.8 Å². The Kier molecular flexibility index (Phi) is 12.0. The molecule has 1 unspecified atom stereocenters. The summed E-state index contributed by atoms with van der Waals surface area (Å²) in [5.74, 6) is -0.745. The molecule has 172 valence electrons. The zero-order valence-electron chi connectivity index (χ0n) is 19.8. The maximum absolute atomic E-state index is 13.5. The van der Waals surface area contributed by atoms with Crippen LogP contribution in [0.4, 0.5) is 8.78 Å². The Morgan fingerprint density at radius 2 is 1.58 bits per heavy atom. The van der Waals surface area contributed by atoms with E-state index in [0.29, 0.717) is 30.9 Å². The van der Waals surface area contributed by atoms with E-state index in [9.17, 15) is 13.6 Å². The van der Waals surface area contributed by atoms with Crippen molar-refractivity contribution in [1.82, 2.24) is 10.6 Å². The van der Waals surface area contributed by atoms with E-state index in [-0.39, 0.29) is 18.0 Å². The smallest absolute Gasteiger partial charge is 0.217 e. The van der Waals surface area contributed by atoms with E-state index in [4.69, 9.17) is 0 Å². The van der Waals surface area contributed by atoms with Crippen LogP contribution in [0, 0.1) is 17.6 Å². The maximum Gasteiger partial charge on any atom is 0.217 e. The number of halogens is 2. The fourth-order valence-corrected chi connectivity index (χ4v) is 3.58. The number of amides is 1. The fourth-order valence-electron chi connectivity index (χ4n) is 3.58. The molecule has 0 spiro atoms. The molecule has 0 saturated carbocycles. The van der Waals surface area contributed by atoms with Gasteiger partial charge in [0, 0.05) is 25.1 Å².